The fourth-order valence-electron chi connectivity index (χ4n) is 4.19. The minimum Gasteiger partial charge on any atom is -0.494 e. The number of aryl methyl sites for hydroxylation is 2. The molecular weight excluding hydrogens is 418 g/mol. The van der Waals surface area contributed by atoms with Crippen LogP contribution in [-0.2, 0) is 19.4 Å². The second-order valence-corrected chi connectivity index (χ2v) is 9.01. The Morgan fingerprint density at radius 3 is 2.78 bits per heavy atom. The number of amides is 1. The number of pyridine rings is 1. The van der Waals surface area contributed by atoms with Gasteiger partial charge in [-0.05, 0) is 85.7 Å². The van der Waals surface area contributed by atoms with Crippen molar-refractivity contribution in [3.8, 4) is 5.75 Å². The number of anilines is 1. The van der Waals surface area contributed by atoms with Crippen molar-refractivity contribution in [2.24, 2.45) is 0 Å². The van der Waals surface area contributed by atoms with Crippen LogP contribution in [0.5, 0.6) is 5.75 Å². The number of fused-ring (bicyclic) bond motifs is 2. The van der Waals surface area contributed by atoms with Crippen LogP contribution in [0.2, 0.25) is 0 Å². The lowest BCUT2D eigenvalue weighted by Crippen LogP contribution is -2.30. The van der Waals surface area contributed by atoms with Crippen LogP contribution < -0.4 is 9.64 Å². The Morgan fingerprint density at radius 2 is 1.97 bits per heavy atom. The van der Waals surface area contributed by atoms with Crippen LogP contribution in [0.25, 0.3) is 10.2 Å². The highest BCUT2D eigenvalue weighted by Gasteiger charge is 2.23. The Labute approximate surface area is 191 Å². The van der Waals surface area contributed by atoms with Crippen molar-refractivity contribution in [3.63, 3.8) is 0 Å². The molecule has 0 aliphatic heterocycles. The van der Waals surface area contributed by atoms with E-state index in [4.69, 9.17) is 9.72 Å². The zero-order chi connectivity index (χ0) is 21.9. The standard InChI is InChI=1S/C26H25N3O2S/c1-2-31-22-11-12-23-24(15-22)32-26(28-23)29(17-18-6-5-13-27-16-18)25(30)21-10-9-19-7-3-4-8-20(19)14-21/h5-6,9-16H,2-4,7-8,17H2,1H3. The minimum absolute atomic E-state index is 0.0358. The van der Waals surface area contributed by atoms with Gasteiger partial charge in [-0.1, -0.05) is 23.5 Å². The van der Waals surface area contributed by atoms with Gasteiger partial charge in [0.05, 0.1) is 23.4 Å². The van der Waals surface area contributed by atoms with Gasteiger partial charge in [-0.2, -0.15) is 0 Å². The maximum Gasteiger partial charge on any atom is 0.260 e. The number of carbonyl (C=O) groups is 1. The van der Waals surface area contributed by atoms with E-state index in [9.17, 15) is 4.79 Å². The van der Waals surface area contributed by atoms with E-state index < -0.39 is 0 Å². The first-order valence-electron chi connectivity index (χ1n) is 11.1. The molecule has 1 aliphatic rings. The molecule has 0 atom stereocenters. The summed E-state index contributed by atoms with van der Waals surface area (Å²) in [5.41, 5.74) is 5.21. The van der Waals surface area contributed by atoms with Crippen LogP contribution in [0.15, 0.2) is 60.9 Å². The summed E-state index contributed by atoms with van der Waals surface area (Å²) >= 11 is 1.51. The highest BCUT2D eigenvalue weighted by molar-refractivity contribution is 7.22. The molecule has 2 aromatic carbocycles. The van der Waals surface area contributed by atoms with E-state index >= 15 is 0 Å². The van der Waals surface area contributed by atoms with Crippen molar-refractivity contribution in [2.45, 2.75) is 39.2 Å². The van der Waals surface area contributed by atoms with Crippen molar-refractivity contribution < 1.29 is 9.53 Å². The van der Waals surface area contributed by atoms with Gasteiger partial charge in [0, 0.05) is 18.0 Å². The summed E-state index contributed by atoms with van der Waals surface area (Å²) < 4.78 is 6.64. The number of carbonyl (C=O) groups excluding carboxylic acids is 1. The van der Waals surface area contributed by atoms with Crippen molar-refractivity contribution in [2.75, 3.05) is 11.5 Å². The molecule has 0 bridgehead atoms. The van der Waals surface area contributed by atoms with Crippen molar-refractivity contribution >= 4 is 32.6 Å². The molecule has 2 aromatic heterocycles. The van der Waals surface area contributed by atoms with Crippen molar-refractivity contribution in [3.05, 3.63) is 83.2 Å². The third-order valence-electron chi connectivity index (χ3n) is 5.79. The van der Waals surface area contributed by atoms with Gasteiger partial charge in [0.1, 0.15) is 5.75 Å². The molecule has 5 nitrogen and oxygen atoms in total. The highest BCUT2D eigenvalue weighted by Crippen LogP contribution is 2.33. The predicted molar refractivity (Wildman–Crippen MR) is 129 cm³/mol. The zero-order valence-electron chi connectivity index (χ0n) is 18.1. The van der Waals surface area contributed by atoms with Gasteiger partial charge in [-0.3, -0.25) is 14.7 Å². The number of hydrogen-bond donors (Lipinski definition) is 0. The molecule has 162 valence electrons. The van der Waals surface area contributed by atoms with Crippen LogP contribution >= 0.6 is 11.3 Å². The van der Waals surface area contributed by atoms with Crippen LogP contribution in [0.3, 0.4) is 0 Å². The third kappa shape index (κ3) is 4.23. The summed E-state index contributed by atoms with van der Waals surface area (Å²) in [6.45, 7) is 3.00. The quantitative estimate of drug-likeness (QED) is 0.377. The molecule has 5 rings (SSSR count). The average Bonchev–Trinajstić information content (AvgIpc) is 3.26. The van der Waals surface area contributed by atoms with E-state index in [-0.39, 0.29) is 5.91 Å². The molecule has 0 saturated heterocycles. The van der Waals surface area contributed by atoms with E-state index in [0.717, 1.165) is 34.4 Å². The summed E-state index contributed by atoms with van der Waals surface area (Å²) in [4.78, 5) is 24.5. The molecule has 32 heavy (non-hydrogen) atoms. The molecule has 0 radical (unpaired) electrons. The first-order valence-corrected chi connectivity index (χ1v) is 11.9. The molecule has 4 aromatic rings. The lowest BCUT2D eigenvalue weighted by Gasteiger charge is -2.22. The first kappa shape index (κ1) is 20.6. The van der Waals surface area contributed by atoms with E-state index in [2.05, 4.69) is 17.1 Å². The highest BCUT2D eigenvalue weighted by atomic mass is 32.1. The largest absolute Gasteiger partial charge is 0.494 e. The fraction of sp³-hybridized carbons (Fsp3) is 0.269. The molecule has 2 heterocycles. The van der Waals surface area contributed by atoms with Crippen LogP contribution in [0.4, 0.5) is 5.13 Å². The lowest BCUT2D eigenvalue weighted by molar-refractivity contribution is 0.0985. The Kier molecular flexibility index (Phi) is 5.86. The van der Waals surface area contributed by atoms with E-state index in [1.807, 2.05) is 43.3 Å². The van der Waals surface area contributed by atoms with Gasteiger partial charge in [0.2, 0.25) is 0 Å². The number of rotatable bonds is 6. The molecule has 1 amide bonds. The Morgan fingerprint density at radius 1 is 1.09 bits per heavy atom. The zero-order valence-corrected chi connectivity index (χ0v) is 18.9. The van der Waals surface area contributed by atoms with Gasteiger partial charge >= 0.3 is 0 Å². The van der Waals surface area contributed by atoms with E-state index in [1.54, 1.807) is 17.3 Å². The fourth-order valence-corrected chi connectivity index (χ4v) is 5.18. The second kappa shape index (κ2) is 9.09. The van der Waals surface area contributed by atoms with Crippen molar-refractivity contribution in [1.29, 1.82) is 0 Å². The third-order valence-corrected chi connectivity index (χ3v) is 6.84. The molecule has 0 N–H and O–H groups in total. The maximum absolute atomic E-state index is 13.7. The van der Waals surface area contributed by atoms with Gasteiger partial charge in [0.25, 0.3) is 5.91 Å². The molecular formula is C26H25N3O2S. The van der Waals surface area contributed by atoms with E-state index in [1.165, 1.54) is 35.3 Å². The topological polar surface area (TPSA) is 55.3 Å². The Bertz CT molecular complexity index is 1250. The van der Waals surface area contributed by atoms with Crippen LogP contribution in [-0.4, -0.2) is 22.5 Å². The summed E-state index contributed by atoms with van der Waals surface area (Å²) in [6, 6.07) is 15.9. The number of ether oxygens (including phenoxy) is 1. The SMILES string of the molecule is CCOc1ccc2nc(N(Cc3cccnc3)C(=O)c3ccc4c(c3)CCCC4)sc2c1. The first-order chi connectivity index (χ1) is 15.7. The smallest absolute Gasteiger partial charge is 0.260 e. The summed E-state index contributed by atoms with van der Waals surface area (Å²) in [7, 11) is 0. The normalized spacial score (nSPS) is 13.0. The van der Waals surface area contributed by atoms with Crippen molar-refractivity contribution in [1.82, 2.24) is 9.97 Å². The number of aromatic nitrogens is 2. The molecule has 6 heteroatoms. The van der Waals surface area contributed by atoms with Gasteiger partial charge in [-0.15, -0.1) is 0 Å². The molecule has 0 saturated carbocycles. The number of nitrogens with zero attached hydrogens (tertiary/aromatic N) is 3. The summed E-state index contributed by atoms with van der Waals surface area (Å²) in [5, 5.41) is 0.681. The minimum atomic E-state index is -0.0358. The number of hydrogen-bond acceptors (Lipinski definition) is 5. The van der Waals surface area contributed by atoms with Crippen LogP contribution in [0.1, 0.15) is 46.8 Å². The van der Waals surface area contributed by atoms with Gasteiger partial charge < -0.3 is 4.74 Å². The second-order valence-electron chi connectivity index (χ2n) is 8.00. The molecule has 0 spiro atoms. The van der Waals surface area contributed by atoms with Crippen LogP contribution in [0, 0.1) is 0 Å². The van der Waals surface area contributed by atoms with E-state index in [0.29, 0.717) is 23.8 Å². The summed E-state index contributed by atoms with van der Waals surface area (Å²) in [6.07, 6.45) is 8.09. The maximum atomic E-state index is 13.7. The number of thiazole rings is 1. The lowest BCUT2D eigenvalue weighted by atomic mass is 9.90. The molecule has 1 aliphatic carbocycles. The molecule has 0 fully saturated rings. The van der Waals surface area contributed by atoms with Gasteiger partial charge in [-0.25, -0.2) is 4.98 Å². The Balaban J connectivity index is 1.53. The average molecular weight is 444 g/mol. The predicted octanol–water partition coefficient (Wildman–Crippen LogP) is 5.82. The molecule has 0 unspecified atom stereocenters. The number of benzene rings is 2. The Hall–Kier alpha value is -3.25. The van der Waals surface area contributed by atoms with Gasteiger partial charge in [0.15, 0.2) is 5.13 Å². The monoisotopic (exact) mass is 443 g/mol. The summed E-state index contributed by atoms with van der Waals surface area (Å²) in [5.74, 6) is 0.779.